The normalized spacial score (nSPS) is 9.56. The number of hydrogen-bond acceptors (Lipinski definition) is 6. The lowest BCUT2D eigenvalue weighted by molar-refractivity contribution is 0.0503. The van der Waals surface area contributed by atoms with Gasteiger partial charge in [0.15, 0.2) is 0 Å². The van der Waals surface area contributed by atoms with Gasteiger partial charge in [0.1, 0.15) is 13.2 Å². The van der Waals surface area contributed by atoms with E-state index in [0.717, 1.165) is 5.56 Å². The van der Waals surface area contributed by atoms with Crippen LogP contribution in [0.4, 0.5) is 0 Å². The van der Waals surface area contributed by atoms with Crippen LogP contribution in [0.25, 0.3) is 0 Å². The number of carbonyl (C=O) groups is 4. The zero-order chi connectivity index (χ0) is 27.1. The number of hydrogen-bond donors (Lipinski definition) is 2. The van der Waals surface area contributed by atoms with Crippen LogP contribution in [0.1, 0.15) is 52.6 Å². The molecule has 0 spiro atoms. The molecule has 0 fully saturated rings. The van der Waals surface area contributed by atoms with Gasteiger partial charge in [-0.15, -0.1) is 13.2 Å². The van der Waals surface area contributed by atoms with Crippen LogP contribution in [0.3, 0.4) is 0 Å². The van der Waals surface area contributed by atoms with Gasteiger partial charge in [-0.25, -0.2) is 19.2 Å². The van der Waals surface area contributed by atoms with Crippen LogP contribution in [0, 0.1) is 0 Å². The van der Waals surface area contributed by atoms with Crippen molar-refractivity contribution in [3.63, 3.8) is 0 Å². The summed E-state index contributed by atoms with van der Waals surface area (Å²) in [5, 5.41) is 18.2. The molecule has 0 aliphatic carbocycles. The molecule has 2 aromatic carbocycles. The van der Waals surface area contributed by atoms with E-state index >= 15 is 0 Å². The molecule has 0 atom stereocenters. The average Bonchev–Trinajstić information content (AvgIpc) is 2.86. The van der Waals surface area contributed by atoms with Crippen LogP contribution in [-0.2, 0) is 22.3 Å². The Labute approximate surface area is 209 Å². The second kappa shape index (κ2) is 15.2. The molecule has 0 amide bonds. The zero-order valence-corrected chi connectivity index (χ0v) is 19.8. The number of carbonyl (C=O) groups excluding carboxylic acids is 2. The average molecular weight is 493 g/mol. The highest BCUT2D eigenvalue weighted by molar-refractivity contribution is 6.03. The van der Waals surface area contributed by atoms with Gasteiger partial charge in [0, 0.05) is 0 Å². The van der Waals surface area contributed by atoms with Crippen molar-refractivity contribution in [3.8, 4) is 0 Å². The lowest BCUT2D eigenvalue weighted by atomic mass is 9.92. The maximum Gasteiger partial charge on any atom is 0.339 e. The number of rotatable bonds is 12. The first-order chi connectivity index (χ1) is 17.2. The van der Waals surface area contributed by atoms with Crippen LogP contribution < -0.4 is 0 Å². The minimum atomic E-state index is -1.25. The quantitative estimate of drug-likeness (QED) is 0.316. The fraction of sp³-hybridized carbons (Fsp3) is 0.143. The van der Waals surface area contributed by atoms with Crippen molar-refractivity contribution < 1.29 is 38.9 Å². The standard InChI is InChI=1S/2C14H14O4/c1-3-9-17-13(15)11-7-5-6-8-12(11)14(16)18-10-4-2;1-3-5-9-7-8-11(13(15)16)12(14(17)18)10(9)6-4-2/h3-8H,1-2,9-10H2;3-4,7-8H,1-2,5-6H2,(H,15,16)(H,17,18). The fourth-order valence-corrected chi connectivity index (χ4v) is 3.10. The summed E-state index contributed by atoms with van der Waals surface area (Å²) in [4.78, 5) is 45.7. The number of carboxylic acids is 2. The molecule has 2 rings (SSSR count). The summed E-state index contributed by atoms with van der Waals surface area (Å²) >= 11 is 0. The van der Waals surface area contributed by atoms with E-state index in [2.05, 4.69) is 26.3 Å². The van der Waals surface area contributed by atoms with Crippen LogP contribution in [-0.4, -0.2) is 47.3 Å². The SMILES string of the molecule is C=CCOC(=O)c1ccccc1C(=O)OCC=C.C=CCc1ccc(C(=O)O)c(C(=O)O)c1CC=C. The molecule has 0 saturated heterocycles. The Bertz CT molecular complexity index is 1120. The van der Waals surface area contributed by atoms with E-state index in [0.29, 0.717) is 18.4 Å². The van der Waals surface area contributed by atoms with Crippen LogP contribution in [0.2, 0.25) is 0 Å². The molecule has 0 unspecified atom stereocenters. The lowest BCUT2D eigenvalue weighted by Crippen LogP contribution is -2.14. The van der Waals surface area contributed by atoms with Crippen LogP contribution in [0.5, 0.6) is 0 Å². The molecule has 2 N–H and O–H groups in total. The minimum Gasteiger partial charge on any atom is -0.478 e. The summed E-state index contributed by atoms with van der Waals surface area (Å²) in [7, 11) is 0. The summed E-state index contributed by atoms with van der Waals surface area (Å²) in [6.45, 7) is 14.2. The zero-order valence-electron chi connectivity index (χ0n) is 19.8. The van der Waals surface area contributed by atoms with Gasteiger partial charge in [0.25, 0.3) is 0 Å². The van der Waals surface area contributed by atoms with Crippen molar-refractivity contribution in [2.45, 2.75) is 12.8 Å². The third-order valence-electron chi connectivity index (χ3n) is 4.60. The van der Waals surface area contributed by atoms with Gasteiger partial charge >= 0.3 is 23.9 Å². The second-order valence-electron chi connectivity index (χ2n) is 7.04. The smallest absolute Gasteiger partial charge is 0.339 e. The molecule has 8 heteroatoms. The summed E-state index contributed by atoms with van der Waals surface area (Å²) < 4.78 is 9.78. The van der Waals surface area contributed by atoms with Crippen molar-refractivity contribution in [1.82, 2.24) is 0 Å². The summed E-state index contributed by atoms with van der Waals surface area (Å²) in [5.41, 5.74) is 1.22. The Hall–Kier alpha value is -4.72. The van der Waals surface area contributed by atoms with E-state index in [1.807, 2.05) is 0 Å². The molecular formula is C28H28O8. The van der Waals surface area contributed by atoms with Crippen LogP contribution >= 0.6 is 0 Å². The molecule has 8 nitrogen and oxygen atoms in total. The third-order valence-corrected chi connectivity index (χ3v) is 4.60. The molecule has 0 heterocycles. The van der Waals surface area contributed by atoms with Crippen molar-refractivity contribution in [2.75, 3.05) is 13.2 Å². The van der Waals surface area contributed by atoms with Gasteiger partial charge < -0.3 is 19.7 Å². The molecule has 2 aromatic rings. The maximum absolute atomic E-state index is 11.7. The van der Waals surface area contributed by atoms with Crippen LogP contribution in [0.15, 0.2) is 87.0 Å². The summed E-state index contributed by atoms with van der Waals surface area (Å²) in [5.74, 6) is -3.65. The van der Waals surface area contributed by atoms with Gasteiger partial charge in [0.2, 0.25) is 0 Å². The van der Waals surface area contributed by atoms with E-state index in [-0.39, 0.29) is 35.5 Å². The van der Waals surface area contributed by atoms with Gasteiger partial charge in [-0.2, -0.15) is 0 Å². The highest BCUT2D eigenvalue weighted by atomic mass is 16.5. The number of carboxylic acid groups (broad SMARTS) is 2. The van der Waals surface area contributed by atoms with Gasteiger partial charge in [-0.05, 0) is 42.2 Å². The van der Waals surface area contributed by atoms with E-state index in [1.165, 1.54) is 30.4 Å². The molecule has 188 valence electrons. The molecule has 0 aliphatic rings. The van der Waals surface area contributed by atoms with Gasteiger partial charge in [0.05, 0.1) is 22.3 Å². The molecular weight excluding hydrogens is 464 g/mol. The Morgan fingerprint density at radius 3 is 1.56 bits per heavy atom. The molecule has 36 heavy (non-hydrogen) atoms. The predicted octanol–water partition coefficient (Wildman–Crippen LogP) is 4.91. The predicted molar refractivity (Wildman–Crippen MR) is 136 cm³/mol. The first-order valence-corrected chi connectivity index (χ1v) is 10.7. The number of ether oxygens (including phenoxy) is 2. The van der Waals surface area contributed by atoms with E-state index in [1.54, 1.807) is 30.4 Å². The Morgan fingerprint density at radius 2 is 1.17 bits per heavy atom. The largest absolute Gasteiger partial charge is 0.478 e. The van der Waals surface area contributed by atoms with Crippen molar-refractivity contribution in [3.05, 3.63) is 120 Å². The van der Waals surface area contributed by atoms with E-state index in [4.69, 9.17) is 14.6 Å². The van der Waals surface area contributed by atoms with Gasteiger partial charge in [-0.1, -0.05) is 55.7 Å². The highest BCUT2D eigenvalue weighted by Crippen LogP contribution is 2.22. The monoisotopic (exact) mass is 492 g/mol. The Morgan fingerprint density at radius 1 is 0.667 bits per heavy atom. The van der Waals surface area contributed by atoms with E-state index < -0.39 is 23.9 Å². The van der Waals surface area contributed by atoms with E-state index in [9.17, 15) is 24.3 Å². The maximum atomic E-state index is 11.7. The number of benzene rings is 2. The summed E-state index contributed by atoms with van der Waals surface area (Å²) in [6.07, 6.45) is 6.91. The first-order valence-electron chi connectivity index (χ1n) is 10.7. The Balaban J connectivity index is 0.000000360. The highest BCUT2D eigenvalue weighted by Gasteiger charge is 2.21. The minimum absolute atomic E-state index is 0.0921. The second-order valence-corrected chi connectivity index (χ2v) is 7.04. The molecule has 0 saturated carbocycles. The molecule has 0 aromatic heterocycles. The lowest BCUT2D eigenvalue weighted by Gasteiger charge is -2.12. The third kappa shape index (κ3) is 8.25. The van der Waals surface area contributed by atoms with Crippen molar-refractivity contribution in [1.29, 1.82) is 0 Å². The molecule has 0 bridgehead atoms. The number of aromatic carboxylic acids is 2. The Kier molecular flexibility index (Phi) is 12.4. The topological polar surface area (TPSA) is 127 Å². The summed E-state index contributed by atoms with van der Waals surface area (Å²) in [6, 6.07) is 9.25. The van der Waals surface area contributed by atoms with Gasteiger partial charge in [-0.3, -0.25) is 0 Å². The molecule has 0 aliphatic heterocycles. The number of allylic oxidation sites excluding steroid dienone is 2. The van der Waals surface area contributed by atoms with Crippen molar-refractivity contribution >= 4 is 23.9 Å². The number of esters is 2. The fourth-order valence-electron chi connectivity index (χ4n) is 3.10. The van der Waals surface area contributed by atoms with Crippen molar-refractivity contribution in [2.24, 2.45) is 0 Å². The first kappa shape index (κ1) is 29.3. The molecule has 0 radical (unpaired) electrons.